The second kappa shape index (κ2) is 7.62. The molecule has 1 amide bonds. The molecule has 0 bridgehead atoms. The highest BCUT2D eigenvalue weighted by atomic mass is 19.4. The summed E-state index contributed by atoms with van der Waals surface area (Å²) in [6.07, 6.45) is -3.93. The molecule has 0 saturated heterocycles. The molecule has 5 nitrogen and oxygen atoms in total. The maximum atomic E-state index is 13.8. The lowest BCUT2D eigenvalue weighted by Gasteiger charge is -2.19. The van der Waals surface area contributed by atoms with Crippen LogP contribution < -0.4 is 5.32 Å². The third-order valence-electron chi connectivity index (χ3n) is 4.58. The third-order valence-corrected chi connectivity index (χ3v) is 4.58. The lowest BCUT2D eigenvalue weighted by Crippen LogP contribution is -2.17. The van der Waals surface area contributed by atoms with Crippen LogP contribution in [0.4, 0.5) is 18.9 Å². The topological polar surface area (TPSA) is 71.2 Å². The molecule has 3 rings (SSSR count). The summed E-state index contributed by atoms with van der Waals surface area (Å²) in [5.74, 6) is -1.46. The van der Waals surface area contributed by atoms with E-state index in [1.807, 2.05) is 19.1 Å². The van der Waals surface area contributed by atoms with Gasteiger partial charge in [0.25, 0.3) is 0 Å². The summed E-state index contributed by atoms with van der Waals surface area (Å²) in [5.41, 5.74) is 0.100. The molecule has 2 N–H and O–H groups in total. The normalized spacial score (nSPS) is 11.5. The van der Waals surface area contributed by atoms with Gasteiger partial charge in [-0.1, -0.05) is 13.0 Å². The zero-order chi connectivity index (χ0) is 21.3. The quantitative estimate of drug-likeness (QED) is 0.590. The summed E-state index contributed by atoms with van der Waals surface area (Å²) in [6, 6.07) is 8.94. The fourth-order valence-corrected chi connectivity index (χ4v) is 3.24. The van der Waals surface area contributed by atoms with E-state index >= 15 is 0 Å². The number of aryl methyl sites for hydroxylation is 1. The minimum Gasteiger partial charge on any atom is -0.465 e. The number of aromatic nitrogens is 1. The molecule has 8 heteroatoms. The highest BCUT2D eigenvalue weighted by Crippen LogP contribution is 2.43. The molecule has 0 unspecified atom stereocenters. The molecule has 0 aliphatic heterocycles. The molecule has 0 saturated carbocycles. The number of aromatic amines is 1. The first-order valence-electron chi connectivity index (χ1n) is 8.87. The molecule has 0 aliphatic carbocycles. The second-order valence-electron chi connectivity index (χ2n) is 6.54. The number of amides is 1. The number of nitrogens with one attached hydrogen (secondary N) is 2. The number of ether oxygens (including phenoxy) is 1. The highest BCUT2D eigenvalue weighted by molar-refractivity contribution is 6.06. The number of esters is 1. The molecular weight excluding hydrogens is 385 g/mol. The van der Waals surface area contributed by atoms with Gasteiger partial charge in [0.05, 0.1) is 23.9 Å². The van der Waals surface area contributed by atoms with E-state index in [-0.39, 0.29) is 22.5 Å². The van der Waals surface area contributed by atoms with Gasteiger partial charge in [-0.15, -0.1) is 0 Å². The van der Waals surface area contributed by atoms with E-state index in [9.17, 15) is 22.8 Å². The predicted octanol–water partition coefficient (Wildman–Crippen LogP) is 5.16. The van der Waals surface area contributed by atoms with Crippen LogP contribution in [-0.2, 0) is 22.1 Å². The van der Waals surface area contributed by atoms with Gasteiger partial charge in [0.1, 0.15) is 0 Å². The Bertz CT molecular complexity index is 1100. The van der Waals surface area contributed by atoms with Crippen LogP contribution in [0.3, 0.4) is 0 Å². The van der Waals surface area contributed by atoms with Crippen LogP contribution in [0, 0.1) is 0 Å². The number of rotatable bonds is 4. The number of H-pyrrole nitrogens is 1. The van der Waals surface area contributed by atoms with Gasteiger partial charge in [-0.05, 0) is 42.3 Å². The molecule has 1 aromatic heterocycles. The maximum Gasteiger partial charge on any atom is 0.417 e. The Balaban J connectivity index is 2.37. The van der Waals surface area contributed by atoms with Crippen LogP contribution in [-0.4, -0.2) is 24.0 Å². The molecule has 0 atom stereocenters. The Labute approximate surface area is 164 Å². The van der Waals surface area contributed by atoms with Gasteiger partial charge < -0.3 is 15.0 Å². The standard InChI is InChI=1S/C21H19F3N2O3/c1-4-12-5-8-16-13(9-12)10-17(26-16)18-15(21(22,23)24)7-6-14(20(28)29-3)19(18)25-11(2)27/h5-10,26H,4H2,1-3H3,(H,25,27). The molecule has 0 spiro atoms. The fourth-order valence-electron chi connectivity index (χ4n) is 3.24. The summed E-state index contributed by atoms with van der Waals surface area (Å²) in [6.45, 7) is 3.13. The lowest BCUT2D eigenvalue weighted by molar-refractivity contribution is -0.137. The van der Waals surface area contributed by atoms with Crippen molar-refractivity contribution >= 4 is 28.5 Å². The first-order chi connectivity index (χ1) is 13.7. The van der Waals surface area contributed by atoms with Crippen molar-refractivity contribution in [3.63, 3.8) is 0 Å². The van der Waals surface area contributed by atoms with Crippen LogP contribution in [0.1, 0.15) is 35.3 Å². The summed E-state index contributed by atoms with van der Waals surface area (Å²) in [7, 11) is 1.12. The maximum absolute atomic E-state index is 13.8. The Hall–Kier alpha value is -3.29. The van der Waals surface area contributed by atoms with Gasteiger partial charge >= 0.3 is 12.1 Å². The van der Waals surface area contributed by atoms with Crippen molar-refractivity contribution in [2.75, 3.05) is 12.4 Å². The molecule has 152 valence electrons. The molecule has 29 heavy (non-hydrogen) atoms. The first-order valence-corrected chi connectivity index (χ1v) is 8.87. The van der Waals surface area contributed by atoms with Gasteiger partial charge in [0.15, 0.2) is 0 Å². The van der Waals surface area contributed by atoms with E-state index in [0.717, 1.165) is 43.5 Å². The zero-order valence-electron chi connectivity index (χ0n) is 16.0. The number of hydrogen-bond donors (Lipinski definition) is 2. The van der Waals surface area contributed by atoms with Gasteiger partial charge in [-0.25, -0.2) is 4.79 Å². The van der Waals surface area contributed by atoms with Crippen molar-refractivity contribution in [3.05, 3.63) is 53.1 Å². The van der Waals surface area contributed by atoms with E-state index in [2.05, 4.69) is 15.0 Å². The Morgan fingerprint density at radius 1 is 1.14 bits per heavy atom. The SMILES string of the molecule is CCc1ccc2[nH]c(-c3c(C(F)(F)F)ccc(C(=O)OC)c3NC(C)=O)cc2c1. The largest absolute Gasteiger partial charge is 0.465 e. The lowest BCUT2D eigenvalue weighted by atomic mass is 9.97. The van der Waals surface area contributed by atoms with Crippen LogP contribution >= 0.6 is 0 Å². The van der Waals surface area contributed by atoms with E-state index in [0.29, 0.717) is 5.52 Å². The molecule has 0 radical (unpaired) electrons. The second-order valence-corrected chi connectivity index (χ2v) is 6.54. The van der Waals surface area contributed by atoms with Crippen molar-refractivity contribution in [3.8, 4) is 11.3 Å². The summed E-state index contributed by atoms with van der Waals surface area (Å²) >= 11 is 0. The summed E-state index contributed by atoms with van der Waals surface area (Å²) in [5, 5.41) is 3.10. The smallest absolute Gasteiger partial charge is 0.417 e. The number of anilines is 1. The molecule has 1 heterocycles. The summed E-state index contributed by atoms with van der Waals surface area (Å²) in [4.78, 5) is 26.8. The Kier molecular flexibility index (Phi) is 5.37. The van der Waals surface area contributed by atoms with Gasteiger partial charge in [0.2, 0.25) is 5.91 Å². The van der Waals surface area contributed by atoms with Gasteiger partial charge in [-0.3, -0.25) is 4.79 Å². The molecule has 0 fully saturated rings. The van der Waals surface area contributed by atoms with E-state index in [1.165, 1.54) is 0 Å². The Morgan fingerprint density at radius 3 is 2.45 bits per heavy atom. The van der Waals surface area contributed by atoms with Crippen molar-refractivity contribution in [2.24, 2.45) is 0 Å². The minimum atomic E-state index is -4.71. The number of methoxy groups -OCH3 is 1. The molecule has 3 aromatic rings. The van der Waals surface area contributed by atoms with Crippen LogP contribution in [0.2, 0.25) is 0 Å². The fraction of sp³-hybridized carbons (Fsp3) is 0.238. The predicted molar refractivity (Wildman–Crippen MR) is 104 cm³/mol. The van der Waals surface area contributed by atoms with Crippen molar-refractivity contribution in [2.45, 2.75) is 26.4 Å². The third kappa shape index (κ3) is 3.96. The number of halogens is 3. The average molecular weight is 404 g/mol. The molecule has 2 aromatic carbocycles. The van der Waals surface area contributed by atoms with Crippen LogP contribution in [0.15, 0.2) is 36.4 Å². The monoisotopic (exact) mass is 404 g/mol. The van der Waals surface area contributed by atoms with Gasteiger partial charge in [0, 0.05) is 29.1 Å². The zero-order valence-corrected chi connectivity index (χ0v) is 16.0. The van der Waals surface area contributed by atoms with Gasteiger partial charge in [-0.2, -0.15) is 13.2 Å². The number of benzene rings is 2. The number of hydrogen-bond acceptors (Lipinski definition) is 3. The van der Waals surface area contributed by atoms with Crippen LogP contribution in [0.5, 0.6) is 0 Å². The van der Waals surface area contributed by atoms with Crippen molar-refractivity contribution < 1.29 is 27.5 Å². The van der Waals surface area contributed by atoms with E-state index < -0.39 is 23.6 Å². The molecule has 0 aliphatic rings. The van der Waals surface area contributed by atoms with Crippen molar-refractivity contribution in [1.29, 1.82) is 0 Å². The van der Waals surface area contributed by atoms with Crippen LogP contribution in [0.25, 0.3) is 22.2 Å². The average Bonchev–Trinajstić information content (AvgIpc) is 3.08. The molecular formula is C21H19F3N2O3. The van der Waals surface area contributed by atoms with E-state index in [1.54, 1.807) is 12.1 Å². The Morgan fingerprint density at radius 2 is 1.86 bits per heavy atom. The van der Waals surface area contributed by atoms with Crippen molar-refractivity contribution in [1.82, 2.24) is 4.98 Å². The van der Waals surface area contributed by atoms with E-state index in [4.69, 9.17) is 0 Å². The number of fused-ring (bicyclic) bond motifs is 1. The summed E-state index contributed by atoms with van der Waals surface area (Å²) < 4.78 is 46.1. The number of carbonyl (C=O) groups excluding carboxylic acids is 2. The minimum absolute atomic E-state index is 0.134. The highest BCUT2D eigenvalue weighted by Gasteiger charge is 2.37. The first kappa shape index (κ1) is 20.4. The number of carbonyl (C=O) groups is 2. The number of alkyl halides is 3.